The molecule has 0 aliphatic heterocycles. The molecule has 8 heteroatoms. The van der Waals surface area contributed by atoms with Crippen LogP contribution in [0.5, 0.6) is 0 Å². The number of aliphatic hydroxyl groups is 1. The number of nitrogens with one attached hydrogen (secondary N) is 1. The zero-order valence-corrected chi connectivity index (χ0v) is 22.0. The lowest BCUT2D eigenvalue weighted by Crippen LogP contribution is -2.61. The highest BCUT2D eigenvalue weighted by molar-refractivity contribution is 6.11. The Morgan fingerprint density at radius 3 is 1.83 bits per heavy atom. The second kappa shape index (κ2) is 12.6. The SMILES string of the molecule is COC(=O)[C@@](CCC(C)C)(OC)C(=O)N(CC(C)(C)O)C(=O)NC(c1ccccc1)c1ccccc1. The molecule has 0 aliphatic rings. The van der Waals surface area contributed by atoms with Crippen LogP contribution in [-0.4, -0.2) is 59.9 Å². The number of hydrogen-bond acceptors (Lipinski definition) is 6. The highest BCUT2D eigenvalue weighted by Crippen LogP contribution is 2.28. The van der Waals surface area contributed by atoms with Gasteiger partial charge in [0.25, 0.3) is 5.91 Å². The van der Waals surface area contributed by atoms with Crippen molar-refractivity contribution in [1.29, 1.82) is 0 Å². The van der Waals surface area contributed by atoms with Crippen molar-refractivity contribution >= 4 is 17.9 Å². The number of benzene rings is 2. The number of carbonyl (C=O) groups is 3. The Morgan fingerprint density at radius 2 is 1.44 bits per heavy atom. The van der Waals surface area contributed by atoms with Gasteiger partial charge in [-0.3, -0.25) is 9.69 Å². The third-order valence-corrected chi connectivity index (χ3v) is 5.85. The van der Waals surface area contributed by atoms with Crippen LogP contribution in [0.25, 0.3) is 0 Å². The van der Waals surface area contributed by atoms with E-state index in [9.17, 15) is 19.5 Å². The van der Waals surface area contributed by atoms with Crippen molar-refractivity contribution in [1.82, 2.24) is 10.2 Å². The van der Waals surface area contributed by atoms with E-state index in [-0.39, 0.29) is 18.9 Å². The van der Waals surface area contributed by atoms with Crippen LogP contribution in [0.1, 0.15) is 57.7 Å². The number of nitrogens with zero attached hydrogens (tertiary/aromatic N) is 1. The zero-order valence-electron chi connectivity index (χ0n) is 22.0. The molecule has 0 saturated heterocycles. The van der Waals surface area contributed by atoms with Crippen LogP contribution in [0.2, 0.25) is 0 Å². The highest BCUT2D eigenvalue weighted by Gasteiger charge is 2.52. The van der Waals surface area contributed by atoms with Gasteiger partial charge in [0.1, 0.15) is 0 Å². The van der Waals surface area contributed by atoms with Gasteiger partial charge in [-0.25, -0.2) is 9.59 Å². The maximum atomic E-state index is 13.9. The van der Waals surface area contributed by atoms with E-state index in [2.05, 4.69) is 5.32 Å². The first kappa shape index (κ1) is 29.0. The van der Waals surface area contributed by atoms with Gasteiger partial charge in [0.15, 0.2) is 0 Å². The number of ether oxygens (including phenoxy) is 2. The summed E-state index contributed by atoms with van der Waals surface area (Å²) in [6.45, 7) is 6.50. The predicted octanol–water partition coefficient (Wildman–Crippen LogP) is 4.08. The van der Waals surface area contributed by atoms with Gasteiger partial charge < -0.3 is 19.9 Å². The molecule has 1 atom stereocenters. The summed E-state index contributed by atoms with van der Waals surface area (Å²) in [4.78, 5) is 41.4. The predicted molar refractivity (Wildman–Crippen MR) is 137 cm³/mol. The molecule has 2 rings (SSSR count). The van der Waals surface area contributed by atoms with Crippen LogP contribution in [0.4, 0.5) is 4.79 Å². The molecule has 0 heterocycles. The van der Waals surface area contributed by atoms with Crippen molar-refractivity contribution in [2.24, 2.45) is 5.92 Å². The fourth-order valence-corrected chi connectivity index (χ4v) is 3.92. The molecular weight excluding hydrogens is 460 g/mol. The summed E-state index contributed by atoms with van der Waals surface area (Å²) in [5, 5.41) is 13.5. The Kier molecular flexibility index (Phi) is 10.2. The molecule has 3 amide bonds. The Hall–Kier alpha value is -3.23. The van der Waals surface area contributed by atoms with E-state index in [0.717, 1.165) is 16.0 Å². The quantitative estimate of drug-likeness (QED) is 0.357. The summed E-state index contributed by atoms with van der Waals surface area (Å²) in [6, 6.07) is 17.3. The molecule has 2 aromatic carbocycles. The van der Waals surface area contributed by atoms with E-state index in [1.54, 1.807) is 0 Å². The van der Waals surface area contributed by atoms with E-state index < -0.39 is 35.2 Å². The zero-order chi connectivity index (χ0) is 26.9. The molecule has 2 aromatic rings. The highest BCUT2D eigenvalue weighted by atomic mass is 16.6. The molecule has 0 radical (unpaired) electrons. The summed E-state index contributed by atoms with van der Waals surface area (Å²) in [5.41, 5.74) is -1.86. The van der Waals surface area contributed by atoms with Crippen LogP contribution < -0.4 is 5.32 Å². The first-order valence-electron chi connectivity index (χ1n) is 12.0. The van der Waals surface area contributed by atoms with Gasteiger partial charge in [0.05, 0.1) is 25.3 Å². The van der Waals surface area contributed by atoms with E-state index in [0.29, 0.717) is 6.42 Å². The maximum Gasteiger partial charge on any atom is 0.348 e. The third-order valence-electron chi connectivity index (χ3n) is 5.85. The second-order valence-corrected chi connectivity index (χ2v) is 9.86. The van der Waals surface area contributed by atoms with E-state index in [1.807, 2.05) is 74.5 Å². The molecule has 0 saturated carbocycles. The second-order valence-electron chi connectivity index (χ2n) is 9.86. The van der Waals surface area contributed by atoms with Crippen LogP contribution >= 0.6 is 0 Å². The Labute approximate surface area is 213 Å². The lowest BCUT2D eigenvalue weighted by atomic mass is 9.91. The van der Waals surface area contributed by atoms with Crippen LogP contribution in [0.3, 0.4) is 0 Å². The lowest BCUT2D eigenvalue weighted by molar-refractivity contribution is -0.179. The number of hydrogen-bond donors (Lipinski definition) is 2. The summed E-state index contributed by atoms with van der Waals surface area (Å²) >= 11 is 0. The molecule has 0 bridgehead atoms. The molecule has 36 heavy (non-hydrogen) atoms. The third kappa shape index (κ3) is 7.38. The largest absolute Gasteiger partial charge is 0.466 e. The minimum atomic E-state index is -2.03. The maximum absolute atomic E-state index is 13.9. The van der Waals surface area contributed by atoms with Gasteiger partial charge in [0.2, 0.25) is 5.60 Å². The minimum Gasteiger partial charge on any atom is -0.466 e. The molecular formula is C28H38N2O6. The van der Waals surface area contributed by atoms with E-state index >= 15 is 0 Å². The summed E-state index contributed by atoms with van der Waals surface area (Å²) in [7, 11) is 2.41. The first-order chi connectivity index (χ1) is 16.9. The van der Waals surface area contributed by atoms with Gasteiger partial charge in [-0.05, 0) is 43.7 Å². The molecule has 0 fully saturated rings. The number of urea groups is 1. The number of rotatable bonds is 11. The van der Waals surface area contributed by atoms with E-state index in [1.165, 1.54) is 28.1 Å². The summed E-state index contributed by atoms with van der Waals surface area (Å²) < 4.78 is 10.4. The standard InChI is InChI=1S/C28H38N2O6/c1-20(2)17-18-28(36-6,25(32)35-5)24(31)30(19-27(3,4)34)26(33)29-23(21-13-9-7-10-14-21)22-15-11-8-12-16-22/h7-16,20,23,34H,17-19H2,1-6H3,(H,29,33)/t28-/m0/s1. The summed E-state index contributed by atoms with van der Waals surface area (Å²) in [5.74, 6) is -1.63. The average molecular weight is 499 g/mol. The van der Waals surface area contributed by atoms with Crippen LogP contribution in [-0.2, 0) is 19.1 Å². The van der Waals surface area contributed by atoms with Gasteiger partial charge in [0, 0.05) is 7.11 Å². The van der Waals surface area contributed by atoms with Gasteiger partial charge in [-0.1, -0.05) is 74.5 Å². The Balaban J connectivity index is 2.52. The smallest absolute Gasteiger partial charge is 0.348 e. The number of methoxy groups -OCH3 is 2. The Bertz CT molecular complexity index is 964. The number of imide groups is 1. The number of esters is 1. The van der Waals surface area contributed by atoms with E-state index in [4.69, 9.17) is 9.47 Å². The average Bonchev–Trinajstić information content (AvgIpc) is 2.86. The molecule has 0 unspecified atom stereocenters. The summed E-state index contributed by atoms with van der Waals surface area (Å²) in [6.07, 6.45) is 0.492. The molecule has 0 aromatic heterocycles. The van der Waals surface area contributed by atoms with Crippen molar-refractivity contribution in [2.75, 3.05) is 20.8 Å². The van der Waals surface area contributed by atoms with Crippen LogP contribution in [0.15, 0.2) is 60.7 Å². The van der Waals surface area contributed by atoms with Crippen molar-refractivity contribution < 1.29 is 29.0 Å². The van der Waals surface area contributed by atoms with Gasteiger partial charge in [-0.2, -0.15) is 0 Å². The van der Waals surface area contributed by atoms with Crippen molar-refractivity contribution in [3.63, 3.8) is 0 Å². The molecule has 0 spiro atoms. The normalized spacial score (nSPS) is 13.2. The molecule has 0 aliphatic carbocycles. The minimum absolute atomic E-state index is 0.0170. The molecule has 196 valence electrons. The van der Waals surface area contributed by atoms with Crippen molar-refractivity contribution in [3.8, 4) is 0 Å². The monoisotopic (exact) mass is 498 g/mol. The molecule has 2 N–H and O–H groups in total. The topological polar surface area (TPSA) is 105 Å². The molecule has 8 nitrogen and oxygen atoms in total. The van der Waals surface area contributed by atoms with Gasteiger partial charge in [-0.15, -0.1) is 0 Å². The number of amides is 3. The fraction of sp³-hybridized carbons (Fsp3) is 0.464. The van der Waals surface area contributed by atoms with Gasteiger partial charge >= 0.3 is 12.0 Å². The number of carbonyl (C=O) groups excluding carboxylic acids is 3. The van der Waals surface area contributed by atoms with Crippen molar-refractivity contribution in [2.45, 2.75) is 57.8 Å². The Morgan fingerprint density at radius 1 is 0.944 bits per heavy atom. The first-order valence-corrected chi connectivity index (χ1v) is 12.0. The fourth-order valence-electron chi connectivity index (χ4n) is 3.92. The van der Waals surface area contributed by atoms with Crippen molar-refractivity contribution in [3.05, 3.63) is 71.8 Å². The lowest BCUT2D eigenvalue weighted by Gasteiger charge is -2.36. The van der Waals surface area contributed by atoms with Crippen LogP contribution in [0, 0.1) is 5.92 Å².